The molecule has 6 aromatic heterocycles. The average Bonchev–Trinajstić information content (AvgIpc) is 4.56. The highest BCUT2D eigenvalue weighted by Gasteiger charge is 2.11. The van der Waals surface area contributed by atoms with Crippen LogP contribution in [-0.2, 0) is 0 Å². The number of nitrogen functional groups attached to an aromatic ring is 1. The molecular weight excluding hydrogens is 1160 g/mol. The highest BCUT2D eigenvalue weighted by molar-refractivity contribution is 7.24. The summed E-state index contributed by atoms with van der Waals surface area (Å²) in [6, 6.07) is 48.2. The van der Waals surface area contributed by atoms with Gasteiger partial charge >= 0.3 is 0 Å². The number of benzene rings is 6. The number of aliphatic hydroxyl groups is 1. The third-order valence-electron chi connectivity index (χ3n) is 12.1. The maximum absolute atomic E-state index is 8.73. The molecule has 6 aromatic carbocycles. The van der Waals surface area contributed by atoms with Crippen LogP contribution in [0.2, 0.25) is 0 Å². The molecule has 83 heavy (non-hydrogen) atoms. The lowest BCUT2D eigenvalue weighted by molar-refractivity contribution is 0.302. The highest BCUT2D eigenvalue weighted by Crippen LogP contribution is 2.31. The molecule has 0 saturated carbocycles. The second-order valence-electron chi connectivity index (χ2n) is 18.2. The average molecular weight is 1230 g/mol. The second-order valence-corrected chi connectivity index (χ2v) is 24.3. The first kappa shape index (κ1) is 63.8. The maximum atomic E-state index is 8.73. The Labute approximate surface area is 508 Å². The minimum absolute atomic E-state index is 0.0342. The van der Waals surface area contributed by atoms with Crippen LogP contribution in [0.1, 0.15) is 66.2 Å². The molecule has 0 saturated heterocycles. The van der Waals surface area contributed by atoms with Gasteiger partial charge in [-0.05, 0) is 99.5 Å². The predicted octanol–water partition coefficient (Wildman–Crippen LogP) is 12.9. The van der Waals surface area contributed by atoms with Gasteiger partial charge in [0.15, 0.2) is 5.13 Å². The number of fused-ring (bicyclic) bond motifs is 6. The number of unbranched alkanes of at least 4 members (excludes halogenated alkanes) is 4. The Morgan fingerprint density at radius 3 is 0.904 bits per heavy atom. The number of para-hydroxylation sites is 6. The van der Waals surface area contributed by atoms with E-state index in [1.54, 1.807) is 76.7 Å². The number of rotatable bonds is 18. The summed E-state index contributed by atoms with van der Waals surface area (Å²) in [6.45, 7) is 12.1. The zero-order valence-electron chi connectivity index (χ0n) is 47.1. The van der Waals surface area contributed by atoms with E-state index in [-0.39, 0.29) is 6.61 Å². The Hall–Kier alpha value is -6.82. The Balaban J connectivity index is 0.000000144. The summed E-state index contributed by atoms with van der Waals surface area (Å²) in [5.74, 6) is 34.3. The number of nitrogens with two attached hydrogens (primary N) is 6. The molecule has 6 heterocycles. The van der Waals surface area contributed by atoms with E-state index in [1.807, 2.05) is 135 Å². The van der Waals surface area contributed by atoms with E-state index in [1.165, 1.54) is 54.4 Å². The fraction of sp³-hybridized carbons (Fsp3) is 0.276. The summed E-state index contributed by atoms with van der Waals surface area (Å²) >= 11 is 9.62. The van der Waals surface area contributed by atoms with Gasteiger partial charge in [0.25, 0.3) is 0 Å². The Morgan fingerprint density at radius 1 is 0.349 bits per heavy atom. The number of hydrogen-bond donors (Lipinski definition) is 8. The minimum Gasteiger partial charge on any atom is -0.394 e. The molecule has 0 amide bonds. The SMILES string of the molecule is CCCCCCN(N)c1nc2ccccc2s1.CCCCN(N)c1nc2ccccc2s1.CCN(N)c1nc2ccccc2s1.CCN(N)c1nc2ccccc2s1.NN(CCO)c1nc2ccccc2s1.NNc1nc2ccccc2s1. The fourth-order valence-corrected chi connectivity index (χ4v) is 13.0. The van der Waals surface area contributed by atoms with Gasteiger partial charge in [0.1, 0.15) is 0 Å². The van der Waals surface area contributed by atoms with Crippen LogP contribution in [0.25, 0.3) is 61.3 Å². The molecule has 0 spiro atoms. The van der Waals surface area contributed by atoms with Gasteiger partial charge in [-0.2, -0.15) is 0 Å². The number of hydrazine groups is 6. The van der Waals surface area contributed by atoms with Gasteiger partial charge in [-0.1, -0.05) is 180 Å². The van der Waals surface area contributed by atoms with Crippen LogP contribution in [0.3, 0.4) is 0 Å². The van der Waals surface area contributed by atoms with E-state index >= 15 is 0 Å². The van der Waals surface area contributed by atoms with Crippen LogP contribution >= 0.6 is 68.0 Å². The summed E-state index contributed by atoms with van der Waals surface area (Å²) in [6.07, 6.45) is 7.18. The fourth-order valence-electron chi connectivity index (χ4n) is 7.55. The molecule has 0 aliphatic heterocycles. The van der Waals surface area contributed by atoms with Crippen molar-refractivity contribution in [1.29, 1.82) is 0 Å². The molecule has 0 unspecified atom stereocenters. The van der Waals surface area contributed by atoms with Crippen LogP contribution < -0.4 is 65.5 Å². The molecule has 25 heteroatoms. The molecular formula is C58H74N18OS6. The van der Waals surface area contributed by atoms with Gasteiger partial charge in [0.05, 0.1) is 74.5 Å². The smallest absolute Gasteiger partial charge is 0.200 e. The first-order valence-corrected chi connectivity index (χ1v) is 32.2. The molecule has 19 nitrogen and oxygen atoms in total. The summed E-state index contributed by atoms with van der Waals surface area (Å²) in [4.78, 5) is 26.4. The van der Waals surface area contributed by atoms with E-state index < -0.39 is 0 Å². The molecule has 438 valence electrons. The molecule has 0 radical (unpaired) electrons. The number of aromatic nitrogens is 6. The lowest BCUT2D eigenvalue weighted by Crippen LogP contribution is -2.33. The van der Waals surface area contributed by atoms with Gasteiger partial charge in [-0.25, -0.2) is 65.0 Å². The van der Waals surface area contributed by atoms with Crippen molar-refractivity contribution in [3.63, 3.8) is 0 Å². The molecule has 12 aromatic rings. The van der Waals surface area contributed by atoms with Crippen molar-refractivity contribution in [2.24, 2.45) is 35.1 Å². The van der Waals surface area contributed by atoms with Crippen molar-refractivity contribution in [2.45, 2.75) is 66.2 Å². The third-order valence-corrected chi connectivity index (χ3v) is 18.4. The largest absolute Gasteiger partial charge is 0.394 e. The Morgan fingerprint density at radius 2 is 0.627 bits per heavy atom. The van der Waals surface area contributed by atoms with E-state index in [2.05, 4.69) is 73.4 Å². The van der Waals surface area contributed by atoms with Crippen molar-refractivity contribution in [3.05, 3.63) is 146 Å². The lowest BCUT2D eigenvalue weighted by Gasteiger charge is -2.14. The number of thiazole rings is 6. The molecule has 0 aliphatic carbocycles. The van der Waals surface area contributed by atoms with Crippen molar-refractivity contribution in [1.82, 2.24) is 29.9 Å². The van der Waals surface area contributed by atoms with Gasteiger partial charge in [0.2, 0.25) is 25.7 Å². The number of hydrogen-bond acceptors (Lipinski definition) is 25. The van der Waals surface area contributed by atoms with E-state index in [4.69, 9.17) is 40.2 Å². The van der Waals surface area contributed by atoms with Crippen LogP contribution in [0.15, 0.2) is 146 Å². The molecule has 0 bridgehead atoms. The van der Waals surface area contributed by atoms with Crippen LogP contribution in [0.4, 0.5) is 30.8 Å². The Kier molecular flexibility index (Phi) is 25.7. The van der Waals surface area contributed by atoms with Gasteiger partial charge < -0.3 is 5.11 Å². The lowest BCUT2D eigenvalue weighted by atomic mass is 10.2. The summed E-state index contributed by atoms with van der Waals surface area (Å²) in [7, 11) is 0. The van der Waals surface area contributed by atoms with Crippen LogP contribution in [-0.4, -0.2) is 74.3 Å². The maximum Gasteiger partial charge on any atom is 0.200 e. The second kappa shape index (κ2) is 33.5. The first-order chi connectivity index (χ1) is 40.4. The van der Waals surface area contributed by atoms with E-state index in [0.717, 1.165) is 119 Å². The normalized spacial score (nSPS) is 10.7. The highest BCUT2D eigenvalue weighted by atomic mass is 32.1. The molecule has 0 fully saturated rings. The number of aliphatic hydroxyl groups excluding tert-OH is 1. The summed E-state index contributed by atoms with van der Waals surface area (Å²) in [5, 5.41) is 22.1. The third kappa shape index (κ3) is 18.8. The van der Waals surface area contributed by atoms with Crippen molar-refractivity contribution < 1.29 is 5.11 Å². The first-order valence-electron chi connectivity index (χ1n) is 27.3. The van der Waals surface area contributed by atoms with Crippen molar-refractivity contribution in [3.8, 4) is 0 Å². The Bertz CT molecular complexity index is 3510. The topological polar surface area (TPSA) is 282 Å². The summed E-state index contributed by atoms with van der Waals surface area (Å²) in [5.41, 5.74) is 8.57. The predicted molar refractivity (Wildman–Crippen MR) is 361 cm³/mol. The van der Waals surface area contributed by atoms with Gasteiger partial charge in [0, 0.05) is 26.2 Å². The number of nitrogens with one attached hydrogen (secondary N) is 1. The zero-order valence-corrected chi connectivity index (χ0v) is 52.0. The molecule has 12 rings (SSSR count). The van der Waals surface area contributed by atoms with Crippen molar-refractivity contribution >= 4 is 160 Å². The number of anilines is 6. The molecule has 0 aliphatic rings. The van der Waals surface area contributed by atoms with Crippen molar-refractivity contribution in [2.75, 3.05) is 69.8 Å². The quantitative estimate of drug-likeness (QED) is 0.0225. The summed E-state index contributed by atoms with van der Waals surface area (Å²) < 4.78 is 7.02. The van der Waals surface area contributed by atoms with Gasteiger partial charge in [-0.15, -0.1) is 0 Å². The standard InChI is InChI=1S/C13H19N3S.C11H15N3S.C9H11N3OS.2C9H11N3S.C7H7N3S/c1-2-3-4-7-10-16(14)13-15-11-8-5-6-9-12(11)17-13;1-2-3-8-14(12)11-13-9-6-4-5-7-10(9)15-11;10-12(5-6-13)9-11-7-3-1-2-4-8(7)14-9;2*1-2-12(10)9-11-7-5-3-4-6-8(7)13-9;8-10-7-9-5-3-1-2-4-6(5)11-7/h5-6,8-9H,2-4,7,10,14H2,1H3;4-7H,2-3,8,12H2,1H3;1-4,13H,5-6,10H2;2*3-6H,2,10H2,1H3;1-4H,8H2,(H,9,10). The molecule has 14 N–H and O–H groups in total. The van der Waals surface area contributed by atoms with E-state index in [9.17, 15) is 0 Å². The van der Waals surface area contributed by atoms with Crippen LogP contribution in [0.5, 0.6) is 0 Å². The number of nitrogens with zero attached hydrogens (tertiary/aromatic N) is 11. The molecule has 0 atom stereocenters. The van der Waals surface area contributed by atoms with Gasteiger partial charge in [-0.3, -0.25) is 30.5 Å². The van der Waals surface area contributed by atoms with Crippen LogP contribution in [0, 0.1) is 0 Å². The monoisotopic (exact) mass is 1230 g/mol. The zero-order chi connectivity index (χ0) is 58.9. The van der Waals surface area contributed by atoms with E-state index in [0.29, 0.717) is 6.54 Å². The minimum atomic E-state index is 0.0342.